The van der Waals surface area contributed by atoms with E-state index in [-0.39, 0.29) is 11.4 Å². The Kier molecular flexibility index (Phi) is 6.90. The van der Waals surface area contributed by atoms with Crippen molar-refractivity contribution in [2.75, 3.05) is 21.6 Å². The maximum Gasteiger partial charge on any atom is 0.323 e. The molecule has 12 nitrogen and oxygen atoms in total. The molecule has 0 saturated carbocycles. The molecule has 40 heavy (non-hydrogen) atoms. The number of anilines is 3. The Bertz CT molecular complexity index is 1790. The van der Waals surface area contributed by atoms with Crippen molar-refractivity contribution in [2.24, 2.45) is 0 Å². The van der Waals surface area contributed by atoms with Gasteiger partial charge in [0.2, 0.25) is 10.0 Å². The first-order valence-electron chi connectivity index (χ1n) is 12.2. The summed E-state index contributed by atoms with van der Waals surface area (Å²) in [4.78, 5) is 16.9. The van der Waals surface area contributed by atoms with E-state index in [2.05, 4.69) is 25.5 Å². The molecule has 206 valence electrons. The molecule has 3 N–H and O–H groups in total. The van der Waals surface area contributed by atoms with E-state index >= 15 is 0 Å². The van der Waals surface area contributed by atoms with Gasteiger partial charge in [0.25, 0.3) is 0 Å². The molecule has 0 aliphatic carbocycles. The zero-order valence-corrected chi connectivity index (χ0v) is 23.0. The predicted molar refractivity (Wildman–Crippen MR) is 152 cm³/mol. The van der Waals surface area contributed by atoms with Crippen LogP contribution in [0.5, 0.6) is 11.5 Å². The Morgan fingerprint density at radius 1 is 1.00 bits per heavy atom. The van der Waals surface area contributed by atoms with Crippen LogP contribution in [0.2, 0.25) is 0 Å². The Labute approximate surface area is 230 Å². The molecule has 2 aromatic carbocycles. The van der Waals surface area contributed by atoms with Gasteiger partial charge in [0.15, 0.2) is 5.58 Å². The fourth-order valence-corrected chi connectivity index (χ4v) is 4.28. The third kappa shape index (κ3) is 6.38. The van der Waals surface area contributed by atoms with Crippen LogP contribution >= 0.6 is 0 Å². The monoisotopic (exact) mass is 561 g/mol. The SMILES string of the molecule is CC(C)(C)n1cc(NC(=O)Nc2ccc(Oc3ccnc(NS(C)(=O)=O)c3)cc2)c(-c2ccc3oncc3c2)n1. The number of nitrogens with zero attached hydrogens (tertiary/aromatic N) is 4. The quantitative estimate of drug-likeness (QED) is 0.230. The molecule has 5 rings (SSSR count). The van der Waals surface area contributed by atoms with E-state index in [0.29, 0.717) is 34.2 Å². The van der Waals surface area contributed by atoms with E-state index in [9.17, 15) is 13.2 Å². The van der Waals surface area contributed by atoms with Gasteiger partial charge in [-0.3, -0.25) is 9.40 Å². The summed E-state index contributed by atoms with van der Waals surface area (Å²) in [7, 11) is -3.46. The number of benzene rings is 2. The number of fused-ring (bicyclic) bond motifs is 1. The Morgan fingerprint density at radius 3 is 2.50 bits per heavy atom. The number of amides is 2. The van der Waals surface area contributed by atoms with Crippen LogP contribution in [0.1, 0.15) is 20.8 Å². The maximum atomic E-state index is 12.9. The molecule has 0 radical (unpaired) electrons. The molecule has 0 saturated heterocycles. The summed E-state index contributed by atoms with van der Waals surface area (Å²) in [6.45, 7) is 6.07. The fourth-order valence-electron chi connectivity index (χ4n) is 3.79. The normalized spacial score (nSPS) is 11.8. The zero-order chi connectivity index (χ0) is 28.5. The highest BCUT2D eigenvalue weighted by molar-refractivity contribution is 7.92. The number of carbonyl (C=O) groups excluding carboxylic acids is 1. The van der Waals surface area contributed by atoms with E-state index in [1.807, 2.05) is 39.0 Å². The number of ether oxygens (including phenoxy) is 1. The van der Waals surface area contributed by atoms with Crippen molar-refractivity contribution in [3.05, 3.63) is 73.2 Å². The smallest absolute Gasteiger partial charge is 0.323 e. The van der Waals surface area contributed by atoms with Gasteiger partial charge in [0.1, 0.15) is 23.0 Å². The molecule has 0 spiro atoms. The van der Waals surface area contributed by atoms with Gasteiger partial charge in [-0.05, 0) is 69.3 Å². The Hall–Kier alpha value is -4.91. The van der Waals surface area contributed by atoms with Crippen LogP contribution < -0.4 is 20.1 Å². The minimum atomic E-state index is -3.46. The van der Waals surface area contributed by atoms with Crippen molar-refractivity contribution >= 4 is 44.2 Å². The van der Waals surface area contributed by atoms with E-state index in [4.69, 9.17) is 14.4 Å². The summed E-state index contributed by atoms with van der Waals surface area (Å²) in [5.41, 5.74) is 2.85. The first-order valence-corrected chi connectivity index (χ1v) is 14.1. The lowest BCUT2D eigenvalue weighted by Gasteiger charge is -2.18. The first kappa shape index (κ1) is 26.7. The van der Waals surface area contributed by atoms with Crippen LogP contribution in [0.4, 0.5) is 22.0 Å². The highest BCUT2D eigenvalue weighted by Crippen LogP contribution is 2.32. The summed E-state index contributed by atoms with van der Waals surface area (Å²) >= 11 is 0. The van der Waals surface area contributed by atoms with Crippen molar-refractivity contribution in [1.29, 1.82) is 0 Å². The van der Waals surface area contributed by atoms with E-state index < -0.39 is 16.1 Å². The van der Waals surface area contributed by atoms with Gasteiger partial charge in [-0.1, -0.05) is 5.16 Å². The molecule has 0 unspecified atom stereocenters. The van der Waals surface area contributed by atoms with Crippen molar-refractivity contribution in [2.45, 2.75) is 26.3 Å². The molecule has 0 aliphatic rings. The molecule has 3 aromatic heterocycles. The molecule has 2 amide bonds. The predicted octanol–water partition coefficient (Wildman–Crippen LogP) is 5.65. The molecule has 0 aliphatic heterocycles. The summed E-state index contributed by atoms with van der Waals surface area (Å²) in [6.07, 6.45) is 5.90. The lowest BCUT2D eigenvalue weighted by molar-refractivity contribution is 0.262. The van der Waals surface area contributed by atoms with Crippen LogP contribution in [0.3, 0.4) is 0 Å². The van der Waals surface area contributed by atoms with Crippen molar-refractivity contribution in [1.82, 2.24) is 19.9 Å². The number of pyridine rings is 1. The summed E-state index contributed by atoms with van der Waals surface area (Å²) in [5.74, 6) is 1.03. The van der Waals surface area contributed by atoms with Gasteiger partial charge in [0, 0.05) is 35.1 Å². The lowest BCUT2D eigenvalue weighted by atomic mass is 10.1. The van der Waals surface area contributed by atoms with Gasteiger partial charge in [-0.2, -0.15) is 5.10 Å². The third-order valence-corrected chi connectivity index (χ3v) is 6.22. The van der Waals surface area contributed by atoms with Crippen molar-refractivity contribution in [3.8, 4) is 22.8 Å². The van der Waals surface area contributed by atoms with Gasteiger partial charge in [-0.25, -0.2) is 18.2 Å². The standard InChI is InChI=1S/C27H27N7O5S/c1-27(2,3)34-16-22(25(32-34)17-5-10-23-18(13-17)15-29-39-23)31-26(35)30-19-6-8-20(9-7-19)38-21-11-12-28-24(14-21)33-40(4,36)37/h5-16H,1-4H3,(H,28,33)(H2,30,31,35). The van der Waals surface area contributed by atoms with Crippen molar-refractivity contribution in [3.63, 3.8) is 0 Å². The zero-order valence-electron chi connectivity index (χ0n) is 22.2. The lowest BCUT2D eigenvalue weighted by Crippen LogP contribution is -2.22. The van der Waals surface area contributed by atoms with Gasteiger partial charge < -0.3 is 19.9 Å². The minimum absolute atomic E-state index is 0.144. The van der Waals surface area contributed by atoms with Gasteiger partial charge in [0.05, 0.1) is 23.7 Å². The number of aromatic nitrogens is 4. The van der Waals surface area contributed by atoms with E-state index in [1.54, 1.807) is 47.4 Å². The van der Waals surface area contributed by atoms with E-state index in [1.165, 1.54) is 12.3 Å². The Balaban J connectivity index is 1.29. The molecule has 13 heteroatoms. The van der Waals surface area contributed by atoms with E-state index in [0.717, 1.165) is 17.2 Å². The van der Waals surface area contributed by atoms with Crippen LogP contribution in [0.15, 0.2) is 77.7 Å². The van der Waals surface area contributed by atoms with Crippen molar-refractivity contribution < 1.29 is 22.5 Å². The highest BCUT2D eigenvalue weighted by atomic mass is 32.2. The number of hydrogen-bond acceptors (Lipinski definition) is 8. The summed E-state index contributed by atoms with van der Waals surface area (Å²) in [6, 6.07) is 14.9. The summed E-state index contributed by atoms with van der Waals surface area (Å²) < 4.78 is 38.0. The molecular formula is C27H27N7O5S. The third-order valence-electron chi connectivity index (χ3n) is 5.65. The molecule has 0 bridgehead atoms. The number of carbonyl (C=O) groups is 1. The van der Waals surface area contributed by atoms with Crippen LogP contribution in [0, 0.1) is 0 Å². The van der Waals surface area contributed by atoms with Gasteiger partial charge >= 0.3 is 6.03 Å². The molecular weight excluding hydrogens is 534 g/mol. The van der Waals surface area contributed by atoms with Gasteiger partial charge in [-0.15, -0.1) is 0 Å². The topological polar surface area (TPSA) is 153 Å². The highest BCUT2D eigenvalue weighted by Gasteiger charge is 2.21. The Morgan fingerprint density at radius 2 is 1.77 bits per heavy atom. The molecule has 0 fully saturated rings. The van der Waals surface area contributed by atoms with Crippen LogP contribution in [-0.4, -0.2) is 40.6 Å². The second kappa shape index (κ2) is 10.3. The average Bonchev–Trinajstić information content (AvgIpc) is 3.51. The molecule has 0 atom stereocenters. The van der Waals surface area contributed by atoms with Crippen LogP contribution in [-0.2, 0) is 15.6 Å². The minimum Gasteiger partial charge on any atom is -0.457 e. The molecule has 3 heterocycles. The second-order valence-corrected chi connectivity index (χ2v) is 11.8. The summed E-state index contributed by atoms with van der Waals surface area (Å²) in [5, 5.41) is 15.1. The maximum absolute atomic E-state index is 12.9. The second-order valence-electron chi connectivity index (χ2n) is 10.0. The number of urea groups is 1. The number of hydrogen-bond donors (Lipinski definition) is 3. The first-order chi connectivity index (χ1) is 18.9. The average molecular weight is 562 g/mol. The fraction of sp³-hybridized carbons (Fsp3) is 0.185. The van der Waals surface area contributed by atoms with Crippen LogP contribution in [0.25, 0.3) is 22.2 Å². The molecule has 5 aromatic rings. The number of rotatable bonds is 7. The number of sulfonamides is 1. The number of nitrogens with one attached hydrogen (secondary N) is 3. The largest absolute Gasteiger partial charge is 0.457 e.